The van der Waals surface area contributed by atoms with E-state index in [4.69, 9.17) is 0 Å². The van der Waals surface area contributed by atoms with Gasteiger partial charge in [-0.2, -0.15) is 0 Å². The molecule has 1 aromatic rings. The van der Waals surface area contributed by atoms with Crippen LogP contribution < -0.4 is 10.6 Å². The monoisotopic (exact) mass is 288 g/mol. The van der Waals surface area contributed by atoms with Gasteiger partial charge in [-0.15, -0.1) is 0 Å². The third-order valence-electron chi connectivity index (χ3n) is 2.99. The maximum Gasteiger partial charge on any atom is 0.0474 e. The first-order chi connectivity index (χ1) is 8.34. The highest BCUT2D eigenvalue weighted by molar-refractivity contribution is 9.10. The minimum Gasteiger partial charge on any atom is -0.384 e. The highest BCUT2D eigenvalue weighted by atomic mass is 79.9. The number of halogens is 1. The van der Waals surface area contributed by atoms with Crippen LogP contribution in [0.2, 0.25) is 0 Å². The molecule has 0 aliphatic carbocycles. The van der Waals surface area contributed by atoms with E-state index in [2.05, 4.69) is 44.8 Å². The molecular formula is C14H13BrN2. The molecule has 0 aromatic heterocycles. The number of anilines is 1. The Bertz CT molecular complexity index is 541. The highest BCUT2D eigenvalue weighted by Crippen LogP contribution is 2.34. The molecule has 0 saturated heterocycles. The molecule has 2 aliphatic rings. The number of fused-ring (bicyclic) bond motifs is 1. The third kappa shape index (κ3) is 2.03. The molecule has 0 bridgehead atoms. The Hall–Kier alpha value is -1.48. The van der Waals surface area contributed by atoms with Crippen LogP contribution in [0.15, 0.2) is 47.1 Å². The summed E-state index contributed by atoms with van der Waals surface area (Å²) in [4.78, 5) is 0. The molecule has 3 rings (SSSR count). The standard InChI is InChI=1S/C14H13BrN2/c15-11-8-10-5-7-17-14(10)12(9-11)13-4-2-1-3-6-16-13/h1-4,6,8-9,16-17H,5,7H2. The molecule has 0 spiro atoms. The number of allylic oxidation sites excluding steroid dienone is 4. The lowest BCUT2D eigenvalue weighted by Gasteiger charge is -2.13. The quantitative estimate of drug-likeness (QED) is 0.827. The lowest BCUT2D eigenvalue weighted by molar-refractivity contribution is 1.10. The first kappa shape index (κ1) is 10.7. The Morgan fingerprint density at radius 2 is 2.06 bits per heavy atom. The van der Waals surface area contributed by atoms with Crippen molar-refractivity contribution < 1.29 is 0 Å². The Labute approximate surface area is 109 Å². The Morgan fingerprint density at radius 1 is 1.12 bits per heavy atom. The van der Waals surface area contributed by atoms with Crippen molar-refractivity contribution >= 4 is 27.3 Å². The van der Waals surface area contributed by atoms with Gasteiger partial charge in [0.1, 0.15) is 0 Å². The van der Waals surface area contributed by atoms with E-state index >= 15 is 0 Å². The van der Waals surface area contributed by atoms with E-state index in [0.29, 0.717) is 0 Å². The van der Waals surface area contributed by atoms with Crippen molar-refractivity contribution in [3.63, 3.8) is 0 Å². The van der Waals surface area contributed by atoms with E-state index < -0.39 is 0 Å². The molecule has 86 valence electrons. The van der Waals surface area contributed by atoms with Gasteiger partial charge in [0.15, 0.2) is 0 Å². The van der Waals surface area contributed by atoms with Crippen LogP contribution in [0.25, 0.3) is 5.70 Å². The number of nitrogens with one attached hydrogen (secondary N) is 2. The summed E-state index contributed by atoms with van der Waals surface area (Å²) in [6.45, 7) is 1.03. The minimum atomic E-state index is 1.03. The van der Waals surface area contributed by atoms with Gasteiger partial charge in [0, 0.05) is 34.2 Å². The summed E-state index contributed by atoms with van der Waals surface area (Å²) in [6.07, 6.45) is 11.2. The van der Waals surface area contributed by atoms with Crippen LogP contribution in [-0.4, -0.2) is 6.54 Å². The van der Waals surface area contributed by atoms with Crippen molar-refractivity contribution in [1.29, 1.82) is 0 Å². The fraction of sp³-hybridized carbons (Fsp3) is 0.143. The first-order valence-corrected chi connectivity index (χ1v) is 6.50. The summed E-state index contributed by atoms with van der Waals surface area (Å²) in [5.41, 5.74) is 5.00. The van der Waals surface area contributed by atoms with Crippen molar-refractivity contribution in [2.75, 3.05) is 11.9 Å². The zero-order valence-electron chi connectivity index (χ0n) is 9.33. The zero-order valence-corrected chi connectivity index (χ0v) is 10.9. The van der Waals surface area contributed by atoms with Crippen LogP contribution in [0.3, 0.4) is 0 Å². The van der Waals surface area contributed by atoms with Crippen molar-refractivity contribution in [2.45, 2.75) is 6.42 Å². The second-order valence-electron chi connectivity index (χ2n) is 4.13. The molecule has 0 fully saturated rings. The van der Waals surface area contributed by atoms with E-state index in [1.807, 2.05) is 24.4 Å². The number of hydrogen-bond donors (Lipinski definition) is 2. The molecule has 3 heteroatoms. The lowest BCUT2D eigenvalue weighted by atomic mass is 10.0. The summed E-state index contributed by atoms with van der Waals surface area (Å²) in [5.74, 6) is 0. The molecule has 0 amide bonds. The maximum atomic E-state index is 3.58. The normalized spacial score (nSPS) is 16.9. The minimum absolute atomic E-state index is 1.03. The smallest absolute Gasteiger partial charge is 0.0474 e. The predicted octanol–water partition coefficient (Wildman–Crippen LogP) is 3.43. The number of benzene rings is 1. The van der Waals surface area contributed by atoms with Crippen molar-refractivity contribution in [3.8, 4) is 0 Å². The van der Waals surface area contributed by atoms with E-state index in [-0.39, 0.29) is 0 Å². The molecule has 0 saturated carbocycles. The largest absolute Gasteiger partial charge is 0.384 e. The summed E-state index contributed by atoms with van der Waals surface area (Å²) >= 11 is 3.58. The Morgan fingerprint density at radius 3 is 3.00 bits per heavy atom. The first-order valence-electron chi connectivity index (χ1n) is 5.71. The van der Waals surface area contributed by atoms with Crippen LogP contribution in [-0.2, 0) is 6.42 Å². The van der Waals surface area contributed by atoms with Crippen LogP contribution in [0.5, 0.6) is 0 Å². The fourth-order valence-corrected chi connectivity index (χ4v) is 2.73. The van der Waals surface area contributed by atoms with E-state index in [1.54, 1.807) is 0 Å². The van der Waals surface area contributed by atoms with Gasteiger partial charge in [0.05, 0.1) is 0 Å². The van der Waals surface area contributed by atoms with Gasteiger partial charge < -0.3 is 10.6 Å². The van der Waals surface area contributed by atoms with Crippen LogP contribution in [0.1, 0.15) is 11.1 Å². The summed E-state index contributed by atoms with van der Waals surface area (Å²) in [7, 11) is 0. The van der Waals surface area contributed by atoms with Crippen LogP contribution in [0.4, 0.5) is 5.69 Å². The predicted molar refractivity (Wildman–Crippen MR) is 75.7 cm³/mol. The van der Waals surface area contributed by atoms with Gasteiger partial charge in [-0.1, -0.05) is 28.1 Å². The molecule has 2 aliphatic heterocycles. The van der Waals surface area contributed by atoms with Crippen molar-refractivity contribution in [3.05, 3.63) is 58.2 Å². The van der Waals surface area contributed by atoms with Gasteiger partial charge in [-0.05, 0) is 36.3 Å². The van der Waals surface area contributed by atoms with E-state index in [0.717, 1.165) is 23.1 Å². The zero-order chi connectivity index (χ0) is 11.7. The van der Waals surface area contributed by atoms with Gasteiger partial charge in [-0.25, -0.2) is 0 Å². The highest BCUT2D eigenvalue weighted by Gasteiger charge is 2.17. The van der Waals surface area contributed by atoms with Gasteiger partial charge in [-0.3, -0.25) is 0 Å². The van der Waals surface area contributed by atoms with Gasteiger partial charge in [0.2, 0.25) is 0 Å². The summed E-state index contributed by atoms with van der Waals surface area (Å²) in [5, 5.41) is 6.78. The van der Waals surface area contributed by atoms with Gasteiger partial charge >= 0.3 is 0 Å². The summed E-state index contributed by atoms with van der Waals surface area (Å²) in [6, 6.07) is 4.35. The second-order valence-corrected chi connectivity index (χ2v) is 5.05. The molecule has 0 radical (unpaired) electrons. The topological polar surface area (TPSA) is 24.1 Å². The number of hydrogen-bond acceptors (Lipinski definition) is 2. The van der Waals surface area contributed by atoms with Gasteiger partial charge in [0.25, 0.3) is 0 Å². The molecule has 2 nitrogen and oxygen atoms in total. The van der Waals surface area contributed by atoms with E-state index in [1.165, 1.54) is 16.8 Å². The fourth-order valence-electron chi connectivity index (χ4n) is 2.23. The number of rotatable bonds is 1. The molecule has 0 atom stereocenters. The molecule has 2 heterocycles. The molecule has 17 heavy (non-hydrogen) atoms. The average Bonchev–Trinajstić information content (AvgIpc) is 2.62. The average molecular weight is 289 g/mol. The SMILES string of the molecule is Brc1cc2c(c(C3=CC=CC=CN3)c1)NCC2. The Kier molecular flexibility index (Phi) is 2.77. The van der Waals surface area contributed by atoms with Crippen LogP contribution in [0, 0.1) is 0 Å². The molecular weight excluding hydrogens is 276 g/mol. The molecule has 1 aromatic carbocycles. The van der Waals surface area contributed by atoms with Crippen molar-refractivity contribution in [2.24, 2.45) is 0 Å². The lowest BCUT2D eigenvalue weighted by Crippen LogP contribution is -2.05. The van der Waals surface area contributed by atoms with Crippen LogP contribution >= 0.6 is 15.9 Å². The summed E-state index contributed by atoms with van der Waals surface area (Å²) < 4.78 is 1.13. The second kappa shape index (κ2) is 4.41. The molecule has 0 unspecified atom stereocenters. The van der Waals surface area contributed by atoms with E-state index in [9.17, 15) is 0 Å². The molecule has 2 N–H and O–H groups in total. The van der Waals surface area contributed by atoms with Crippen molar-refractivity contribution in [1.82, 2.24) is 5.32 Å². The maximum absolute atomic E-state index is 3.58. The Balaban J connectivity index is 2.11. The third-order valence-corrected chi connectivity index (χ3v) is 3.45.